The van der Waals surface area contributed by atoms with E-state index in [1.807, 2.05) is 6.07 Å². The molecule has 3 N–H and O–H groups in total. The van der Waals surface area contributed by atoms with Gasteiger partial charge in [-0.3, -0.25) is 4.79 Å². The zero-order valence-electron chi connectivity index (χ0n) is 11.1. The van der Waals surface area contributed by atoms with Crippen molar-refractivity contribution in [3.8, 4) is 5.75 Å². The minimum Gasteiger partial charge on any atom is -0.507 e. The molecular weight excluding hydrogens is 385 g/mol. The van der Waals surface area contributed by atoms with Crippen molar-refractivity contribution in [1.82, 2.24) is 0 Å². The summed E-state index contributed by atoms with van der Waals surface area (Å²) in [4.78, 5) is 23.2. The molecule has 0 spiro atoms. The molecule has 0 saturated heterocycles. The van der Waals surface area contributed by atoms with E-state index in [0.29, 0.717) is 16.8 Å². The average Bonchev–Trinajstić information content (AvgIpc) is 2.42. The van der Waals surface area contributed by atoms with Crippen LogP contribution in [0.15, 0.2) is 36.4 Å². The van der Waals surface area contributed by atoms with Gasteiger partial charge in [0.05, 0.1) is 0 Å². The van der Waals surface area contributed by atoms with Crippen LogP contribution in [-0.2, 0) is 0 Å². The Bertz CT molecular complexity index is 728. The number of hydrogen-bond acceptors (Lipinski definition) is 3. The van der Waals surface area contributed by atoms with Crippen molar-refractivity contribution in [1.29, 1.82) is 0 Å². The Hall–Kier alpha value is -2.09. The highest BCUT2D eigenvalue weighted by Gasteiger charge is 2.15. The number of amides is 1. The molecule has 0 bridgehead atoms. The summed E-state index contributed by atoms with van der Waals surface area (Å²) < 4.78 is 0.924. The second kappa shape index (κ2) is 6.13. The number of benzene rings is 2. The van der Waals surface area contributed by atoms with Crippen LogP contribution in [0, 0.1) is 10.5 Å². The van der Waals surface area contributed by atoms with Crippen LogP contribution in [0.25, 0.3) is 0 Å². The molecule has 0 unspecified atom stereocenters. The lowest BCUT2D eigenvalue weighted by atomic mass is 10.1. The van der Waals surface area contributed by atoms with E-state index in [9.17, 15) is 14.7 Å². The number of carbonyl (C=O) groups excluding carboxylic acids is 1. The Morgan fingerprint density at radius 3 is 2.52 bits per heavy atom. The highest BCUT2D eigenvalue weighted by atomic mass is 127. The van der Waals surface area contributed by atoms with Gasteiger partial charge in [-0.25, -0.2) is 4.79 Å². The Kier molecular flexibility index (Phi) is 4.46. The number of halogens is 1. The molecule has 2 aromatic carbocycles. The molecule has 0 saturated carbocycles. The van der Waals surface area contributed by atoms with Crippen LogP contribution in [0.2, 0.25) is 0 Å². The molecular formula is C15H12INO4. The first-order valence-corrected chi connectivity index (χ1v) is 7.10. The molecule has 0 aliphatic rings. The Balaban J connectivity index is 2.32. The fraction of sp³-hybridized carbons (Fsp3) is 0.0667. The number of carbonyl (C=O) groups is 2. The topological polar surface area (TPSA) is 86.6 Å². The highest BCUT2D eigenvalue weighted by Crippen LogP contribution is 2.26. The number of phenols is 1. The van der Waals surface area contributed by atoms with Crippen LogP contribution in [0.4, 0.5) is 5.69 Å². The number of anilines is 1. The van der Waals surface area contributed by atoms with Gasteiger partial charge in [0, 0.05) is 14.8 Å². The maximum Gasteiger partial charge on any atom is 0.339 e. The van der Waals surface area contributed by atoms with Gasteiger partial charge in [-0.1, -0.05) is 6.07 Å². The van der Waals surface area contributed by atoms with Crippen molar-refractivity contribution in [3.63, 3.8) is 0 Å². The zero-order valence-corrected chi connectivity index (χ0v) is 13.2. The van der Waals surface area contributed by atoms with Gasteiger partial charge in [0.25, 0.3) is 5.91 Å². The molecule has 0 fully saturated rings. The lowest BCUT2D eigenvalue weighted by Crippen LogP contribution is -2.13. The first-order valence-electron chi connectivity index (χ1n) is 6.02. The Morgan fingerprint density at radius 2 is 1.90 bits per heavy atom. The Labute approximate surface area is 134 Å². The third-order valence-corrected chi connectivity index (χ3v) is 3.55. The van der Waals surface area contributed by atoms with Gasteiger partial charge in [0.2, 0.25) is 0 Å². The molecule has 6 heteroatoms. The van der Waals surface area contributed by atoms with E-state index in [2.05, 4.69) is 27.9 Å². The van der Waals surface area contributed by atoms with Crippen LogP contribution in [0.5, 0.6) is 5.75 Å². The van der Waals surface area contributed by atoms with Gasteiger partial charge in [-0.05, 0) is 65.4 Å². The largest absolute Gasteiger partial charge is 0.507 e. The fourth-order valence-corrected chi connectivity index (χ4v) is 2.39. The van der Waals surface area contributed by atoms with E-state index in [1.54, 1.807) is 25.1 Å². The number of aromatic hydroxyl groups is 1. The van der Waals surface area contributed by atoms with E-state index >= 15 is 0 Å². The van der Waals surface area contributed by atoms with Gasteiger partial charge in [-0.15, -0.1) is 0 Å². The van der Waals surface area contributed by atoms with Crippen LogP contribution in [-0.4, -0.2) is 22.1 Å². The maximum absolute atomic E-state index is 12.1. The predicted octanol–water partition coefficient (Wildman–Crippen LogP) is 3.26. The van der Waals surface area contributed by atoms with Crippen LogP contribution in [0.1, 0.15) is 26.3 Å². The third kappa shape index (κ3) is 3.52. The first-order chi connectivity index (χ1) is 9.88. The van der Waals surface area contributed by atoms with E-state index < -0.39 is 5.97 Å². The minimum absolute atomic E-state index is 0.243. The molecule has 0 radical (unpaired) electrons. The summed E-state index contributed by atoms with van der Waals surface area (Å²) in [5.74, 6) is -1.88. The van der Waals surface area contributed by atoms with Gasteiger partial charge < -0.3 is 15.5 Å². The smallest absolute Gasteiger partial charge is 0.339 e. The molecule has 0 heterocycles. The van der Waals surface area contributed by atoms with Crippen molar-refractivity contribution in [2.75, 3.05) is 5.32 Å². The number of rotatable bonds is 3. The minimum atomic E-state index is -1.25. The summed E-state index contributed by atoms with van der Waals surface area (Å²) in [5.41, 5.74) is 0.942. The van der Waals surface area contributed by atoms with Crippen LogP contribution < -0.4 is 5.32 Å². The van der Waals surface area contributed by atoms with E-state index in [0.717, 1.165) is 3.57 Å². The van der Waals surface area contributed by atoms with Gasteiger partial charge in [0.1, 0.15) is 11.3 Å². The lowest BCUT2D eigenvalue weighted by molar-refractivity contribution is 0.0693. The van der Waals surface area contributed by atoms with Gasteiger partial charge in [-0.2, -0.15) is 0 Å². The molecule has 5 nitrogen and oxygen atoms in total. The van der Waals surface area contributed by atoms with Crippen molar-refractivity contribution in [3.05, 3.63) is 56.7 Å². The average molecular weight is 397 g/mol. The summed E-state index contributed by atoms with van der Waals surface area (Å²) in [5, 5.41) is 21.3. The lowest BCUT2D eigenvalue weighted by Gasteiger charge is -2.10. The standard InChI is InChI=1S/C15H12INO4/c1-8-5-11(7-12(13(8)18)15(20)21)17-14(19)9-3-2-4-10(16)6-9/h2-7,18H,1H3,(H,17,19)(H,20,21). The normalized spacial score (nSPS) is 10.2. The van der Waals surface area contributed by atoms with Gasteiger partial charge in [0.15, 0.2) is 0 Å². The molecule has 21 heavy (non-hydrogen) atoms. The number of carboxylic acids is 1. The Morgan fingerprint density at radius 1 is 1.19 bits per heavy atom. The molecule has 2 rings (SSSR count). The van der Waals surface area contributed by atoms with Crippen LogP contribution in [0.3, 0.4) is 0 Å². The second-order valence-corrected chi connectivity index (χ2v) is 5.70. The summed E-state index contributed by atoms with van der Waals surface area (Å²) in [6.45, 7) is 1.57. The molecule has 2 aromatic rings. The molecule has 108 valence electrons. The van der Waals surface area contributed by atoms with Crippen molar-refractivity contribution in [2.24, 2.45) is 0 Å². The van der Waals surface area contributed by atoms with Crippen molar-refractivity contribution in [2.45, 2.75) is 6.92 Å². The summed E-state index contributed by atoms with van der Waals surface area (Å²) in [7, 11) is 0. The summed E-state index contributed by atoms with van der Waals surface area (Å²) in [6.07, 6.45) is 0. The summed E-state index contributed by atoms with van der Waals surface area (Å²) >= 11 is 2.10. The number of aryl methyl sites for hydroxylation is 1. The predicted molar refractivity (Wildman–Crippen MR) is 86.9 cm³/mol. The first kappa shape index (κ1) is 15.3. The maximum atomic E-state index is 12.1. The monoisotopic (exact) mass is 397 g/mol. The quantitative estimate of drug-likeness (QED) is 0.548. The highest BCUT2D eigenvalue weighted by molar-refractivity contribution is 14.1. The number of carboxylic acid groups (broad SMARTS) is 1. The molecule has 1 amide bonds. The zero-order chi connectivity index (χ0) is 15.6. The van der Waals surface area contributed by atoms with Crippen molar-refractivity contribution >= 4 is 40.2 Å². The van der Waals surface area contributed by atoms with E-state index in [4.69, 9.17) is 5.11 Å². The van der Waals surface area contributed by atoms with Gasteiger partial charge >= 0.3 is 5.97 Å². The second-order valence-electron chi connectivity index (χ2n) is 4.46. The van der Waals surface area contributed by atoms with E-state index in [-0.39, 0.29) is 17.2 Å². The SMILES string of the molecule is Cc1cc(NC(=O)c2cccc(I)c2)cc(C(=O)O)c1O. The molecule has 0 atom stereocenters. The third-order valence-electron chi connectivity index (χ3n) is 2.88. The number of aromatic carboxylic acids is 1. The van der Waals surface area contributed by atoms with Crippen LogP contribution >= 0.6 is 22.6 Å². The number of nitrogens with one attached hydrogen (secondary N) is 1. The molecule has 0 aliphatic carbocycles. The van der Waals surface area contributed by atoms with E-state index in [1.165, 1.54) is 12.1 Å². The molecule has 0 aliphatic heterocycles. The van der Waals surface area contributed by atoms with Crippen molar-refractivity contribution < 1.29 is 19.8 Å². The molecule has 0 aromatic heterocycles. The number of hydrogen-bond donors (Lipinski definition) is 3. The fourth-order valence-electron chi connectivity index (χ4n) is 1.85. The summed E-state index contributed by atoms with van der Waals surface area (Å²) in [6, 6.07) is 9.78.